The van der Waals surface area contributed by atoms with Gasteiger partial charge in [0, 0.05) is 11.9 Å². The quantitative estimate of drug-likeness (QED) is 0.824. The molecule has 0 bridgehead atoms. The van der Waals surface area contributed by atoms with E-state index in [0.717, 1.165) is 6.07 Å². The van der Waals surface area contributed by atoms with Crippen LogP contribution in [0.25, 0.3) is 0 Å². The Morgan fingerprint density at radius 2 is 1.95 bits per heavy atom. The van der Waals surface area contributed by atoms with E-state index in [1.54, 1.807) is 6.92 Å². The van der Waals surface area contributed by atoms with E-state index in [0.29, 0.717) is 17.5 Å². The van der Waals surface area contributed by atoms with Crippen LogP contribution < -0.4 is 10.5 Å². The summed E-state index contributed by atoms with van der Waals surface area (Å²) in [5.74, 6) is -2.81. The molecule has 1 heterocycles. The second kappa shape index (κ2) is 5.70. The van der Waals surface area contributed by atoms with Gasteiger partial charge in [-0.25, -0.2) is 21.9 Å². The summed E-state index contributed by atoms with van der Waals surface area (Å²) in [5, 5.41) is 0. The number of nitrogens with two attached hydrogens (primary N) is 1. The number of halogens is 2. The largest absolute Gasteiger partial charge is 0.399 e. The number of aromatic nitrogens is 2. The highest BCUT2D eigenvalue weighted by molar-refractivity contribution is 7.89. The molecule has 0 saturated heterocycles. The van der Waals surface area contributed by atoms with E-state index in [-0.39, 0.29) is 12.2 Å². The second-order valence-corrected chi connectivity index (χ2v) is 6.02. The van der Waals surface area contributed by atoms with Crippen molar-refractivity contribution in [3.8, 4) is 0 Å². The van der Waals surface area contributed by atoms with Crippen LogP contribution in [0.5, 0.6) is 0 Å². The van der Waals surface area contributed by atoms with E-state index in [2.05, 4.69) is 14.7 Å². The van der Waals surface area contributed by atoms with Crippen LogP contribution in [0.3, 0.4) is 0 Å². The molecule has 6 nitrogen and oxygen atoms in total. The molecule has 0 radical (unpaired) electrons. The molecule has 21 heavy (non-hydrogen) atoms. The predicted octanol–water partition coefficient (Wildman–Crippen LogP) is 1.12. The third-order valence-electron chi connectivity index (χ3n) is 2.58. The zero-order valence-electron chi connectivity index (χ0n) is 11.0. The molecule has 0 fully saturated rings. The van der Waals surface area contributed by atoms with E-state index in [9.17, 15) is 17.2 Å². The van der Waals surface area contributed by atoms with Gasteiger partial charge in [-0.15, -0.1) is 0 Å². The first-order valence-corrected chi connectivity index (χ1v) is 7.29. The van der Waals surface area contributed by atoms with Gasteiger partial charge in [-0.2, -0.15) is 0 Å². The fraction of sp³-hybridized carbons (Fsp3) is 0.167. The normalized spacial score (nSPS) is 11.6. The van der Waals surface area contributed by atoms with E-state index < -0.39 is 26.6 Å². The van der Waals surface area contributed by atoms with Gasteiger partial charge in [-0.3, -0.25) is 9.97 Å². The number of anilines is 1. The van der Waals surface area contributed by atoms with Crippen LogP contribution in [0.2, 0.25) is 0 Å². The maximum Gasteiger partial charge on any atom is 0.244 e. The fourth-order valence-corrected chi connectivity index (χ4v) is 2.65. The molecule has 0 aliphatic carbocycles. The summed E-state index contributed by atoms with van der Waals surface area (Å²) in [6.07, 6.45) is 2.85. The monoisotopic (exact) mass is 314 g/mol. The lowest BCUT2D eigenvalue weighted by Crippen LogP contribution is -2.25. The number of hydrogen-bond donors (Lipinski definition) is 2. The zero-order valence-corrected chi connectivity index (χ0v) is 11.8. The summed E-state index contributed by atoms with van der Waals surface area (Å²) in [6.45, 7) is 1.53. The lowest BCUT2D eigenvalue weighted by Gasteiger charge is -2.08. The number of nitrogens with one attached hydrogen (secondary N) is 1. The summed E-state index contributed by atoms with van der Waals surface area (Å²) in [7, 11) is -4.26. The molecule has 0 spiro atoms. The van der Waals surface area contributed by atoms with Gasteiger partial charge < -0.3 is 5.73 Å². The standard InChI is InChI=1S/C12H12F2N4O2S/c1-7-4-17-9(5-16-7)6-18-21(19,20)11-3-8(15)2-10(13)12(11)14/h2-5,18H,6,15H2,1H3. The molecule has 9 heteroatoms. The Balaban J connectivity index is 2.25. The first kappa shape index (κ1) is 15.3. The van der Waals surface area contributed by atoms with Crippen LogP contribution in [0.1, 0.15) is 11.4 Å². The lowest BCUT2D eigenvalue weighted by molar-refractivity contribution is 0.483. The van der Waals surface area contributed by atoms with Gasteiger partial charge >= 0.3 is 0 Å². The van der Waals surface area contributed by atoms with Gasteiger partial charge in [0.2, 0.25) is 10.0 Å². The number of benzene rings is 1. The van der Waals surface area contributed by atoms with Crippen LogP contribution in [-0.2, 0) is 16.6 Å². The number of sulfonamides is 1. The van der Waals surface area contributed by atoms with Crippen LogP contribution >= 0.6 is 0 Å². The van der Waals surface area contributed by atoms with Crippen LogP contribution in [0, 0.1) is 18.6 Å². The Morgan fingerprint density at radius 1 is 1.24 bits per heavy atom. The van der Waals surface area contributed by atoms with Crippen molar-refractivity contribution in [2.75, 3.05) is 5.73 Å². The number of rotatable bonds is 4. The average Bonchev–Trinajstić information content (AvgIpc) is 2.42. The maximum atomic E-state index is 13.6. The average molecular weight is 314 g/mol. The summed E-state index contributed by atoms with van der Waals surface area (Å²) in [5.41, 5.74) is 6.15. The smallest absolute Gasteiger partial charge is 0.244 e. The molecule has 1 aromatic carbocycles. The summed E-state index contributed by atoms with van der Waals surface area (Å²) in [4.78, 5) is 7.05. The molecule has 3 N–H and O–H groups in total. The third-order valence-corrected chi connectivity index (χ3v) is 3.98. The minimum atomic E-state index is -4.26. The summed E-state index contributed by atoms with van der Waals surface area (Å²) < 4.78 is 52.9. The van der Waals surface area contributed by atoms with Gasteiger partial charge in [0.1, 0.15) is 4.90 Å². The van der Waals surface area contributed by atoms with Crippen LogP contribution in [-0.4, -0.2) is 18.4 Å². The van der Waals surface area contributed by atoms with E-state index >= 15 is 0 Å². The van der Waals surface area contributed by atoms with E-state index in [4.69, 9.17) is 5.73 Å². The summed E-state index contributed by atoms with van der Waals surface area (Å²) in [6, 6.07) is 1.56. The van der Waals surface area contributed by atoms with Crippen molar-refractivity contribution in [2.45, 2.75) is 18.4 Å². The topological polar surface area (TPSA) is 98.0 Å². The molecule has 0 atom stereocenters. The molecule has 0 amide bonds. The second-order valence-electron chi connectivity index (χ2n) is 4.29. The molecule has 1 aromatic heterocycles. The van der Waals surface area contributed by atoms with Crippen molar-refractivity contribution in [1.29, 1.82) is 0 Å². The highest BCUT2D eigenvalue weighted by atomic mass is 32.2. The predicted molar refractivity (Wildman–Crippen MR) is 71.6 cm³/mol. The molecule has 0 aliphatic rings. The Kier molecular flexibility index (Phi) is 4.14. The van der Waals surface area contributed by atoms with Crippen molar-refractivity contribution in [3.63, 3.8) is 0 Å². The van der Waals surface area contributed by atoms with Crippen molar-refractivity contribution in [2.24, 2.45) is 0 Å². The molecule has 0 unspecified atom stereocenters. The Bertz CT molecular complexity index is 764. The molecule has 112 valence electrons. The minimum Gasteiger partial charge on any atom is -0.399 e. The van der Waals surface area contributed by atoms with Crippen molar-refractivity contribution in [3.05, 3.63) is 47.5 Å². The molecular weight excluding hydrogens is 302 g/mol. The lowest BCUT2D eigenvalue weighted by atomic mass is 10.3. The van der Waals surface area contributed by atoms with Crippen molar-refractivity contribution in [1.82, 2.24) is 14.7 Å². The van der Waals surface area contributed by atoms with Gasteiger partial charge in [-0.05, 0) is 19.1 Å². The molecular formula is C12H12F2N4O2S. The summed E-state index contributed by atoms with van der Waals surface area (Å²) >= 11 is 0. The molecule has 2 rings (SSSR count). The third kappa shape index (κ3) is 3.50. The minimum absolute atomic E-state index is 0.190. The van der Waals surface area contributed by atoms with Gasteiger partial charge in [0.25, 0.3) is 0 Å². The Labute approximate surface area is 120 Å². The number of nitrogens with zero attached hydrogens (tertiary/aromatic N) is 2. The number of hydrogen-bond acceptors (Lipinski definition) is 5. The van der Waals surface area contributed by atoms with Gasteiger partial charge in [0.15, 0.2) is 11.6 Å². The fourth-order valence-electron chi connectivity index (χ4n) is 1.54. The zero-order chi connectivity index (χ0) is 15.6. The first-order valence-electron chi connectivity index (χ1n) is 5.81. The Morgan fingerprint density at radius 3 is 2.57 bits per heavy atom. The molecule has 0 saturated carbocycles. The van der Waals surface area contributed by atoms with Crippen molar-refractivity contribution < 1.29 is 17.2 Å². The van der Waals surface area contributed by atoms with Crippen molar-refractivity contribution >= 4 is 15.7 Å². The highest BCUT2D eigenvalue weighted by Crippen LogP contribution is 2.21. The maximum absolute atomic E-state index is 13.6. The SMILES string of the molecule is Cc1cnc(CNS(=O)(=O)c2cc(N)cc(F)c2F)cn1. The molecule has 0 aliphatic heterocycles. The van der Waals surface area contributed by atoms with Gasteiger partial charge in [-0.1, -0.05) is 0 Å². The van der Waals surface area contributed by atoms with E-state index in [1.807, 2.05) is 0 Å². The highest BCUT2D eigenvalue weighted by Gasteiger charge is 2.22. The molecule has 2 aromatic rings. The Hall–Kier alpha value is -2.13. The van der Waals surface area contributed by atoms with Gasteiger partial charge in [0.05, 0.1) is 24.1 Å². The van der Waals surface area contributed by atoms with Crippen LogP contribution in [0.4, 0.5) is 14.5 Å². The van der Waals surface area contributed by atoms with Crippen LogP contribution in [0.15, 0.2) is 29.4 Å². The number of aryl methyl sites for hydroxylation is 1. The van der Waals surface area contributed by atoms with E-state index in [1.165, 1.54) is 12.4 Å². The number of nitrogen functional groups attached to an aromatic ring is 1. The first-order chi connectivity index (χ1) is 9.79.